The van der Waals surface area contributed by atoms with Crippen molar-refractivity contribution in [3.63, 3.8) is 0 Å². The number of hydrogen-bond acceptors (Lipinski definition) is 7. The quantitative estimate of drug-likeness (QED) is 0.489. The largest absolute Gasteiger partial charge is 0.493 e. The van der Waals surface area contributed by atoms with Crippen LogP contribution >= 0.6 is 0 Å². The normalized spacial score (nSPS) is 10.2. The van der Waals surface area contributed by atoms with E-state index in [1.807, 2.05) is 24.3 Å². The zero-order chi connectivity index (χ0) is 21.5. The van der Waals surface area contributed by atoms with Gasteiger partial charge in [0.15, 0.2) is 11.5 Å². The molecule has 1 heterocycles. The summed E-state index contributed by atoms with van der Waals surface area (Å²) in [5, 5.41) is 6.04. The molecule has 0 fully saturated rings. The smallest absolute Gasteiger partial charge is 0.257 e. The first-order valence-electron chi connectivity index (χ1n) is 9.20. The highest BCUT2D eigenvalue weighted by Gasteiger charge is 2.13. The summed E-state index contributed by atoms with van der Waals surface area (Å²) in [7, 11) is 4.69. The van der Waals surface area contributed by atoms with Crippen molar-refractivity contribution >= 4 is 23.0 Å². The van der Waals surface area contributed by atoms with Crippen molar-refractivity contribution in [1.82, 2.24) is 4.98 Å². The van der Waals surface area contributed by atoms with Crippen molar-refractivity contribution in [1.29, 1.82) is 0 Å². The molecule has 3 rings (SSSR count). The third-order valence-electron chi connectivity index (χ3n) is 4.43. The Labute approximate surface area is 175 Å². The number of nitrogens with one attached hydrogen (secondary N) is 2. The van der Waals surface area contributed by atoms with Crippen LogP contribution in [0, 0.1) is 0 Å². The van der Waals surface area contributed by atoms with Crippen LogP contribution in [0.4, 0.5) is 17.1 Å². The zero-order valence-corrected chi connectivity index (χ0v) is 17.1. The first-order valence-corrected chi connectivity index (χ1v) is 9.20. The van der Waals surface area contributed by atoms with Gasteiger partial charge in [-0.25, -0.2) is 0 Å². The minimum Gasteiger partial charge on any atom is -0.493 e. The van der Waals surface area contributed by atoms with E-state index in [4.69, 9.17) is 19.9 Å². The maximum absolute atomic E-state index is 12.4. The van der Waals surface area contributed by atoms with Gasteiger partial charge in [0, 0.05) is 24.0 Å². The first kappa shape index (κ1) is 20.8. The number of amides is 1. The van der Waals surface area contributed by atoms with Gasteiger partial charge in [0.1, 0.15) is 0 Å². The van der Waals surface area contributed by atoms with E-state index in [1.54, 1.807) is 45.6 Å². The standard InChI is InChI=1S/C22H24N4O4/c1-28-19-10-16(11-20(29-2)21(19)30-3)25-13-15-9-8-14(12-24-15)22(27)26-18-7-5-4-6-17(18)23/h4-12,25H,13,23H2,1-3H3,(H,26,27). The van der Waals surface area contributed by atoms with E-state index >= 15 is 0 Å². The second-order valence-electron chi connectivity index (χ2n) is 6.35. The number of nitrogens with two attached hydrogens (primary N) is 1. The number of para-hydroxylation sites is 2. The monoisotopic (exact) mass is 408 g/mol. The van der Waals surface area contributed by atoms with E-state index in [-0.39, 0.29) is 5.91 Å². The molecule has 8 nitrogen and oxygen atoms in total. The number of aromatic nitrogens is 1. The Morgan fingerprint density at radius 3 is 2.27 bits per heavy atom. The Morgan fingerprint density at radius 2 is 1.70 bits per heavy atom. The summed E-state index contributed by atoms with van der Waals surface area (Å²) in [4.78, 5) is 16.8. The second-order valence-corrected chi connectivity index (χ2v) is 6.35. The summed E-state index contributed by atoms with van der Waals surface area (Å²) in [5.74, 6) is 1.36. The SMILES string of the molecule is COc1cc(NCc2ccc(C(=O)Nc3ccccc3N)cn2)cc(OC)c1OC. The zero-order valence-electron chi connectivity index (χ0n) is 17.1. The first-order chi connectivity index (χ1) is 14.5. The molecule has 0 aliphatic rings. The van der Waals surface area contributed by atoms with Crippen LogP contribution in [0.2, 0.25) is 0 Å². The van der Waals surface area contributed by atoms with E-state index in [0.29, 0.717) is 40.7 Å². The van der Waals surface area contributed by atoms with Gasteiger partial charge in [-0.15, -0.1) is 0 Å². The second kappa shape index (κ2) is 9.51. The van der Waals surface area contributed by atoms with E-state index < -0.39 is 0 Å². The van der Waals surface area contributed by atoms with Gasteiger partial charge < -0.3 is 30.6 Å². The number of carbonyl (C=O) groups excluding carboxylic acids is 1. The Hall–Kier alpha value is -3.94. The fourth-order valence-corrected chi connectivity index (χ4v) is 2.84. The van der Waals surface area contributed by atoms with Crippen molar-refractivity contribution < 1.29 is 19.0 Å². The summed E-state index contributed by atoms with van der Waals surface area (Å²) in [5.41, 5.74) is 8.92. The number of methoxy groups -OCH3 is 3. The topological polar surface area (TPSA) is 108 Å². The number of rotatable bonds is 8. The molecular formula is C22H24N4O4. The lowest BCUT2D eigenvalue weighted by molar-refractivity contribution is 0.102. The molecule has 0 bridgehead atoms. The summed E-state index contributed by atoms with van der Waals surface area (Å²) in [6.07, 6.45) is 1.53. The van der Waals surface area contributed by atoms with E-state index in [1.165, 1.54) is 6.20 Å². The third kappa shape index (κ3) is 4.72. The molecule has 0 unspecified atom stereocenters. The van der Waals surface area contributed by atoms with Crippen LogP contribution < -0.4 is 30.6 Å². The van der Waals surface area contributed by atoms with Crippen LogP contribution in [0.3, 0.4) is 0 Å². The molecule has 0 saturated heterocycles. The lowest BCUT2D eigenvalue weighted by Gasteiger charge is -2.15. The fraction of sp³-hybridized carbons (Fsp3) is 0.182. The number of pyridine rings is 1. The predicted molar refractivity (Wildman–Crippen MR) is 116 cm³/mol. The third-order valence-corrected chi connectivity index (χ3v) is 4.43. The van der Waals surface area contributed by atoms with Crippen molar-refractivity contribution in [3.05, 3.63) is 66.0 Å². The molecule has 0 radical (unpaired) electrons. The minimum absolute atomic E-state index is 0.274. The number of nitrogens with zero attached hydrogens (tertiary/aromatic N) is 1. The van der Waals surface area contributed by atoms with Crippen LogP contribution in [-0.4, -0.2) is 32.2 Å². The maximum Gasteiger partial charge on any atom is 0.257 e. The number of anilines is 3. The molecular weight excluding hydrogens is 384 g/mol. The lowest BCUT2D eigenvalue weighted by Crippen LogP contribution is -2.14. The average molecular weight is 408 g/mol. The molecule has 8 heteroatoms. The Bertz CT molecular complexity index is 997. The molecule has 4 N–H and O–H groups in total. The number of carbonyl (C=O) groups is 1. The summed E-state index contributed by atoms with van der Waals surface area (Å²) in [6, 6.07) is 14.2. The molecule has 0 atom stereocenters. The summed E-state index contributed by atoms with van der Waals surface area (Å²) >= 11 is 0. The van der Waals surface area contributed by atoms with Crippen LogP contribution in [-0.2, 0) is 6.54 Å². The highest BCUT2D eigenvalue weighted by atomic mass is 16.5. The molecule has 0 aliphatic heterocycles. The molecule has 0 saturated carbocycles. The van der Waals surface area contributed by atoms with Crippen LogP contribution in [0.5, 0.6) is 17.2 Å². The summed E-state index contributed by atoms with van der Waals surface area (Å²) < 4.78 is 16.0. The van der Waals surface area contributed by atoms with Crippen molar-refractivity contribution in [2.45, 2.75) is 6.54 Å². The van der Waals surface area contributed by atoms with E-state index in [9.17, 15) is 4.79 Å². The van der Waals surface area contributed by atoms with Crippen LogP contribution in [0.1, 0.15) is 16.1 Å². The van der Waals surface area contributed by atoms with Gasteiger partial charge in [-0.1, -0.05) is 12.1 Å². The van der Waals surface area contributed by atoms with Crippen molar-refractivity contribution in [2.24, 2.45) is 0 Å². The molecule has 1 aromatic heterocycles. The summed E-state index contributed by atoms with van der Waals surface area (Å²) in [6.45, 7) is 0.451. The average Bonchev–Trinajstić information content (AvgIpc) is 2.78. The Balaban J connectivity index is 1.66. The van der Waals surface area contributed by atoms with Gasteiger partial charge in [0.2, 0.25) is 5.75 Å². The molecule has 0 aliphatic carbocycles. The van der Waals surface area contributed by atoms with Crippen molar-refractivity contribution in [3.8, 4) is 17.2 Å². The molecule has 1 amide bonds. The molecule has 156 valence electrons. The molecule has 0 spiro atoms. The maximum atomic E-state index is 12.4. The number of hydrogen-bond donors (Lipinski definition) is 3. The number of nitrogen functional groups attached to an aromatic ring is 1. The lowest BCUT2D eigenvalue weighted by atomic mass is 10.2. The molecule has 2 aromatic carbocycles. The van der Waals surface area contributed by atoms with Gasteiger partial charge in [-0.05, 0) is 24.3 Å². The van der Waals surface area contributed by atoms with Crippen LogP contribution in [0.25, 0.3) is 0 Å². The highest BCUT2D eigenvalue weighted by Crippen LogP contribution is 2.40. The minimum atomic E-state index is -0.274. The van der Waals surface area contributed by atoms with Gasteiger partial charge in [0.05, 0.1) is 50.5 Å². The van der Waals surface area contributed by atoms with Crippen molar-refractivity contribution in [2.75, 3.05) is 37.7 Å². The van der Waals surface area contributed by atoms with Gasteiger partial charge in [-0.3, -0.25) is 9.78 Å². The number of benzene rings is 2. The van der Waals surface area contributed by atoms with E-state index in [0.717, 1.165) is 11.4 Å². The molecule has 3 aromatic rings. The Kier molecular flexibility index (Phi) is 6.59. The van der Waals surface area contributed by atoms with Gasteiger partial charge >= 0.3 is 0 Å². The Morgan fingerprint density at radius 1 is 1.00 bits per heavy atom. The molecule has 30 heavy (non-hydrogen) atoms. The van der Waals surface area contributed by atoms with Gasteiger partial charge in [-0.2, -0.15) is 0 Å². The highest BCUT2D eigenvalue weighted by molar-refractivity contribution is 6.05. The predicted octanol–water partition coefficient (Wildman–Crippen LogP) is 3.55. The van der Waals surface area contributed by atoms with Crippen LogP contribution in [0.15, 0.2) is 54.7 Å². The number of ether oxygens (including phenoxy) is 3. The van der Waals surface area contributed by atoms with Gasteiger partial charge in [0.25, 0.3) is 5.91 Å². The fourth-order valence-electron chi connectivity index (χ4n) is 2.84. The van der Waals surface area contributed by atoms with E-state index in [2.05, 4.69) is 15.6 Å².